The molecule has 0 unspecified atom stereocenters. The van der Waals surface area contributed by atoms with E-state index in [9.17, 15) is 30.3 Å². The van der Waals surface area contributed by atoms with Crippen molar-refractivity contribution in [3.8, 4) is 17.2 Å². The molecule has 3 aliphatic heterocycles. The van der Waals surface area contributed by atoms with Gasteiger partial charge < -0.3 is 44.6 Å². The molecule has 3 heterocycles. The van der Waals surface area contributed by atoms with E-state index in [2.05, 4.69) is 16.7 Å². The number of hydrogen-bond acceptors (Lipinski definition) is 11. The molecule has 0 aromatic heterocycles. The number of piperazine rings is 1. The number of methoxy groups -OCH3 is 1. The maximum atomic E-state index is 13.0. The van der Waals surface area contributed by atoms with Crippen molar-refractivity contribution in [3.63, 3.8) is 0 Å². The van der Waals surface area contributed by atoms with Crippen LogP contribution in [0.5, 0.6) is 17.2 Å². The largest absolute Gasteiger partial charge is 0.504 e. The number of phenolic OH excluding ortho intramolecular Hbond substituents is 2. The van der Waals surface area contributed by atoms with Crippen molar-refractivity contribution in [2.24, 2.45) is 0 Å². The summed E-state index contributed by atoms with van der Waals surface area (Å²) in [6.07, 6.45) is -6.63. The maximum Gasteiger partial charge on any atom is 0.339 e. The molecule has 1 aromatic rings. The number of carbonyl (C=O) groups is 1. The Labute approximate surface area is 185 Å². The summed E-state index contributed by atoms with van der Waals surface area (Å²) in [5.41, 5.74) is 0.181. The molecule has 5 N–H and O–H groups in total. The lowest BCUT2D eigenvalue weighted by atomic mass is 9.84. The van der Waals surface area contributed by atoms with E-state index in [1.165, 1.54) is 7.11 Å². The Kier molecular flexibility index (Phi) is 6.48. The third-order valence-corrected chi connectivity index (χ3v) is 6.64. The van der Waals surface area contributed by atoms with E-state index in [0.717, 1.165) is 32.7 Å². The van der Waals surface area contributed by atoms with E-state index in [1.807, 2.05) is 0 Å². The maximum absolute atomic E-state index is 13.0. The zero-order chi connectivity index (χ0) is 23.2. The minimum Gasteiger partial charge on any atom is -0.504 e. The summed E-state index contributed by atoms with van der Waals surface area (Å²) >= 11 is 0. The lowest BCUT2D eigenvalue weighted by Gasteiger charge is -2.45. The van der Waals surface area contributed by atoms with Gasteiger partial charge in [-0.05, 0) is 6.54 Å². The Bertz CT molecular complexity index is 872. The molecule has 0 saturated carbocycles. The van der Waals surface area contributed by atoms with Crippen LogP contribution >= 0.6 is 0 Å². The molecular formula is C21H30N2O9. The Balaban J connectivity index is 1.78. The number of likely N-dealkylation sites (N-methyl/N-ethyl adjacent to an activating group) is 1. The summed E-state index contributed by atoms with van der Waals surface area (Å²) in [5, 5.41) is 51.9. The molecule has 0 amide bonds. The van der Waals surface area contributed by atoms with Crippen molar-refractivity contribution >= 4 is 5.97 Å². The van der Waals surface area contributed by atoms with Gasteiger partial charge in [0.2, 0.25) is 5.75 Å². The number of phenols is 2. The van der Waals surface area contributed by atoms with Crippen LogP contribution in [0.25, 0.3) is 0 Å². The average molecular weight is 454 g/mol. The van der Waals surface area contributed by atoms with Crippen LogP contribution in [0.3, 0.4) is 0 Å². The first-order valence-electron chi connectivity index (χ1n) is 10.7. The smallest absolute Gasteiger partial charge is 0.339 e. The van der Waals surface area contributed by atoms with Gasteiger partial charge >= 0.3 is 5.97 Å². The second-order valence-corrected chi connectivity index (χ2v) is 8.34. The van der Waals surface area contributed by atoms with E-state index >= 15 is 0 Å². The van der Waals surface area contributed by atoms with E-state index in [1.54, 1.807) is 0 Å². The van der Waals surface area contributed by atoms with E-state index in [-0.39, 0.29) is 34.7 Å². The van der Waals surface area contributed by atoms with Crippen molar-refractivity contribution in [2.75, 3.05) is 46.4 Å². The van der Waals surface area contributed by atoms with Gasteiger partial charge in [-0.25, -0.2) is 4.79 Å². The molecule has 0 spiro atoms. The number of benzene rings is 1. The average Bonchev–Trinajstić information content (AvgIpc) is 2.79. The molecule has 2 saturated heterocycles. The normalized spacial score (nSPS) is 31.0. The molecule has 0 aliphatic carbocycles. The molecule has 0 radical (unpaired) electrons. The zero-order valence-electron chi connectivity index (χ0n) is 18.1. The summed E-state index contributed by atoms with van der Waals surface area (Å²) in [6.45, 7) is 5.78. The van der Waals surface area contributed by atoms with Crippen LogP contribution < -0.4 is 4.74 Å². The summed E-state index contributed by atoms with van der Waals surface area (Å²) in [4.78, 5) is 17.4. The highest BCUT2D eigenvalue weighted by atomic mass is 16.6. The van der Waals surface area contributed by atoms with Gasteiger partial charge in [0, 0.05) is 43.9 Å². The number of nitrogens with zero attached hydrogens (tertiary/aromatic N) is 2. The standard InChI is InChI=1S/C21H30N2O9/c1-3-22-4-6-23(7-5-22)8-10-12-13(16(27)19(30-2)14(10)25)18-20(32-21(12)29)17(28)15(26)11(9-24)31-18/h11,15,17-18,20,24-28H,3-9H2,1-2H3/t11-,15-,17+,18+,20-/m1/s1. The number of fused-ring (bicyclic) bond motifs is 3. The molecule has 3 aliphatic rings. The monoisotopic (exact) mass is 454 g/mol. The fourth-order valence-corrected chi connectivity index (χ4v) is 4.75. The van der Waals surface area contributed by atoms with Gasteiger partial charge in [-0.15, -0.1) is 0 Å². The Morgan fingerprint density at radius 1 is 1.06 bits per heavy atom. The highest BCUT2D eigenvalue weighted by molar-refractivity contribution is 5.97. The number of aliphatic hydroxyl groups is 3. The Morgan fingerprint density at radius 3 is 2.31 bits per heavy atom. The highest BCUT2D eigenvalue weighted by Crippen LogP contribution is 2.52. The van der Waals surface area contributed by atoms with E-state index in [4.69, 9.17) is 14.2 Å². The van der Waals surface area contributed by atoms with Crippen LogP contribution in [0.15, 0.2) is 0 Å². The van der Waals surface area contributed by atoms with Gasteiger partial charge in [-0.2, -0.15) is 0 Å². The molecule has 5 atom stereocenters. The van der Waals surface area contributed by atoms with Crippen LogP contribution in [0.2, 0.25) is 0 Å². The van der Waals surface area contributed by atoms with Crippen LogP contribution in [0.1, 0.15) is 34.5 Å². The van der Waals surface area contributed by atoms with Crippen molar-refractivity contribution in [1.29, 1.82) is 0 Å². The number of aromatic hydroxyl groups is 2. The van der Waals surface area contributed by atoms with Crippen molar-refractivity contribution < 1.29 is 44.5 Å². The van der Waals surface area contributed by atoms with Gasteiger partial charge in [-0.1, -0.05) is 6.92 Å². The molecule has 1 aromatic carbocycles. The van der Waals surface area contributed by atoms with Crippen molar-refractivity contribution in [3.05, 3.63) is 16.7 Å². The number of aliphatic hydroxyl groups excluding tert-OH is 3. The summed E-state index contributed by atoms with van der Waals surface area (Å²) in [6, 6.07) is 0. The zero-order valence-corrected chi connectivity index (χ0v) is 18.1. The fraction of sp³-hybridized carbons (Fsp3) is 0.667. The predicted molar refractivity (Wildman–Crippen MR) is 110 cm³/mol. The lowest BCUT2D eigenvalue weighted by molar-refractivity contribution is -0.235. The van der Waals surface area contributed by atoms with Crippen LogP contribution in [-0.2, 0) is 16.0 Å². The third kappa shape index (κ3) is 3.68. The fourth-order valence-electron chi connectivity index (χ4n) is 4.75. The minimum atomic E-state index is -1.53. The molecule has 0 bridgehead atoms. The molecule has 11 heteroatoms. The van der Waals surface area contributed by atoms with Crippen LogP contribution in [0.4, 0.5) is 0 Å². The second-order valence-electron chi connectivity index (χ2n) is 8.34. The van der Waals surface area contributed by atoms with E-state index in [0.29, 0.717) is 0 Å². The number of ether oxygens (including phenoxy) is 3. The first-order valence-corrected chi connectivity index (χ1v) is 10.7. The van der Waals surface area contributed by atoms with Crippen LogP contribution in [0, 0.1) is 0 Å². The SMILES string of the molecule is CCN1CCN(Cc2c(O)c(OC)c(O)c3c2C(=O)O[C@@H]2[C@@H](O)[C@H](O)[C@@H](CO)O[C@@H]32)CC1. The minimum absolute atomic E-state index is 0.00694. The second kappa shape index (κ2) is 9.00. The first-order chi connectivity index (χ1) is 15.3. The topological polar surface area (TPSA) is 152 Å². The summed E-state index contributed by atoms with van der Waals surface area (Å²) in [7, 11) is 1.28. The van der Waals surface area contributed by atoms with Gasteiger partial charge in [-0.3, -0.25) is 4.90 Å². The van der Waals surface area contributed by atoms with Gasteiger partial charge in [0.05, 0.1) is 19.3 Å². The number of esters is 1. The molecule has 2 fully saturated rings. The quantitative estimate of drug-likeness (QED) is 0.346. The molecule has 4 rings (SSSR count). The molecule has 178 valence electrons. The lowest BCUT2D eigenvalue weighted by Crippen LogP contribution is -2.58. The predicted octanol–water partition coefficient (Wildman–Crippen LogP) is -1.06. The number of carbonyl (C=O) groups excluding carboxylic acids is 1. The first kappa shape index (κ1) is 23.0. The van der Waals surface area contributed by atoms with Gasteiger partial charge in [0.25, 0.3) is 0 Å². The van der Waals surface area contributed by atoms with Gasteiger partial charge in [0.15, 0.2) is 17.6 Å². The summed E-state index contributed by atoms with van der Waals surface area (Å²) in [5.74, 6) is -1.95. The van der Waals surface area contributed by atoms with Crippen molar-refractivity contribution in [2.45, 2.75) is 44.0 Å². The Morgan fingerprint density at radius 2 is 1.72 bits per heavy atom. The van der Waals surface area contributed by atoms with Crippen LogP contribution in [-0.4, -0.2) is 112 Å². The summed E-state index contributed by atoms with van der Waals surface area (Å²) < 4.78 is 16.4. The third-order valence-electron chi connectivity index (χ3n) is 6.64. The number of rotatable bonds is 5. The highest BCUT2D eigenvalue weighted by Gasteiger charge is 2.53. The molecule has 32 heavy (non-hydrogen) atoms. The van der Waals surface area contributed by atoms with Gasteiger partial charge in [0.1, 0.15) is 24.4 Å². The van der Waals surface area contributed by atoms with E-state index < -0.39 is 48.8 Å². The molecule has 11 nitrogen and oxygen atoms in total. The Hall–Kier alpha value is -2.15. The molecular weight excluding hydrogens is 424 g/mol. The van der Waals surface area contributed by atoms with Crippen molar-refractivity contribution in [1.82, 2.24) is 9.80 Å². The number of hydrogen-bond donors (Lipinski definition) is 5.